The summed E-state index contributed by atoms with van der Waals surface area (Å²) in [5, 5.41) is 16.4. The van der Waals surface area contributed by atoms with Gasteiger partial charge in [0, 0.05) is 0 Å². The van der Waals surface area contributed by atoms with Gasteiger partial charge in [-0.2, -0.15) is 5.10 Å². The summed E-state index contributed by atoms with van der Waals surface area (Å²) in [4.78, 5) is 3.95. The number of nitrogens with one attached hydrogen (secondary N) is 1. The first-order chi connectivity index (χ1) is 7.81. The lowest BCUT2D eigenvalue weighted by Crippen LogP contribution is -2.02. The van der Waals surface area contributed by atoms with Gasteiger partial charge >= 0.3 is 0 Å². The lowest BCUT2D eigenvalue weighted by molar-refractivity contribution is 0.210. The largest absolute Gasteiger partial charge is 0.380 e. The van der Waals surface area contributed by atoms with E-state index in [0.717, 1.165) is 18.4 Å². The number of hydrogen-bond acceptors (Lipinski definition) is 3. The maximum Gasteiger partial charge on any atom is 0.157 e. The predicted octanol–water partition coefficient (Wildman–Crippen LogP) is 1.84. The van der Waals surface area contributed by atoms with E-state index in [1.54, 1.807) is 0 Å². The molecule has 4 heteroatoms. The Morgan fingerprint density at radius 3 is 3.00 bits per heavy atom. The van der Waals surface area contributed by atoms with Crippen LogP contribution in [0.15, 0.2) is 30.6 Å². The van der Waals surface area contributed by atoms with Crippen LogP contribution in [0.3, 0.4) is 0 Å². The Morgan fingerprint density at radius 2 is 2.31 bits per heavy atom. The normalized spacial score (nSPS) is 12.6. The van der Waals surface area contributed by atoms with E-state index in [1.807, 2.05) is 18.2 Å². The lowest BCUT2D eigenvalue weighted by Gasteiger charge is -2.09. The summed E-state index contributed by atoms with van der Waals surface area (Å²) in [6.45, 7) is 2.14. The van der Waals surface area contributed by atoms with Gasteiger partial charge in [0.25, 0.3) is 0 Å². The molecule has 0 saturated carbocycles. The standard InChI is InChI=1S/C12H15N3O/c1-2-4-9-5-3-6-10(7-9)11(16)12-13-8-14-15-12/h3,5-8,11,16H,2,4H2,1H3,(H,13,14,15). The minimum Gasteiger partial charge on any atom is -0.380 e. The molecular weight excluding hydrogens is 202 g/mol. The number of H-pyrrole nitrogens is 1. The van der Waals surface area contributed by atoms with Crippen LogP contribution in [0, 0.1) is 0 Å². The zero-order valence-corrected chi connectivity index (χ0v) is 9.22. The summed E-state index contributed by atoms with van der Waals surface area (Å²) < 4.78 is 0. The van der Waals surface area contributed by atoms with Crippen molar-refractivity contribution >= 4 is 0 Å². The highest BCUT2D eigenvalue weighted by molar-refractivity contribution is 5.28. The Labute approximate surface area is 94.4 Å². The van der Waals surface area contributed by atoms with Crippen molar-refractivity contribution in [2.45, 2.75) is 25.9 Å². The van der Waals surface area contributed by atoms with E-state index in [-0.39, 0.29) is 0 Å². The molecule has 2 N–H and O–H groups in total. The van der Waals surface area contributed by atoms with Crippen LogP contribution < -0.4 is 0 Å². The number of nitrogens with zero attached hydrogens (tertiary/aromatic N) is 2. The maximum absolute atomic E-state index is 10.0. The van der Waals surface area contributed by atoms with Crippen molar-refractivity contribution in [3.05, 3.63) is 47.5 Å². The molecule has 1 aromatic heterocycles. The topological polar surface area (TPSA) is 61.8 Å². The van der Waals surface area contributed by atoms with Crippen LogP contribution in [0.4, 0.5) is 0 Å². The number of aliphatic hydroxyl groups is 1. The fourth-order valence-corrected chi connectivity index (χ4v) is 1.71. The van der Waals surface area contributed by atoms with E-state index < -0.39 is 6.10 Å². The smallest absolute Gasteiger partial charge is 0.157 e. The average Bonchev–Trinajstić information content (AvgIpc) is 2.82. The SMILES string of the molecule is CCCc1cccc(C(O)c2ncn[nH]2)c1. The predicted molar refractivity (Wildman–Crippen MR) is 60.9 cm³/mol. The molecule has 0 fully saturated rings. The molecule has 84 valence electrons. The van der Waals surface area contributed by atoms with Crippen LogP contribution >= 0.6 is 0 Å². The molecule has 0 bridgehead atoms. The minimum atomic E-state index is -0.723. The zero-order chi connectivity index (χ0) is 11.4. The van der Waals surface area contributed by atoms with Gasteiger partial charge in [-0.25, -0.2) is 4.98 Å². The molecular formula is C12H15N3O. The third kappa shape index (κ3) is 2.28. The molecule has 0 radical (unpaired) electrons. The highest BCUT2D eigenvalue weighted by Crippen LogP contribution is 2.19. The summed E-state index contributed by atoms with van der Waals surface area (Å²) in [5.41, 5.74) is 2.08. The van der Waals surface area contributed by atoms with Gasteiger partial charge in [-0.15, -0.1) is 0 Å². The van der Waals surface area contributed by atoms with Crippen LogP contribution in [-0.2, 0) is 6.42 Å². The highest BCUT2D eigenvalue weighted by Gasteiger charge is 2.13. The van der Waals surface area contributed by atoms with Crippen LogP contribution in [0.2, 0.25) is 0 Å². The molecule has 0 aliphatic rings. The second-order valence-corrected chi connectivity index (χ2v) is 3.77. The van der Waals surface area contributed by atoms with Crippen molar-refractivity contribution < 1.29 is 5.11 Å². The Balaban J connectivity index is 2.23. The van der Waals surface area contributed by atoms with Gasteiger partial charge in [-0.05, 0) is 17.5 Å². The third-order valence-corrected chi connectivity index (χ3v) is 2.50. The molecule has 0 aliphatic heterocycles. The maximum atomic E-state index is 10.0. The molecule has 2 aromatic rings. The fourth-order valence-electron chi connectivity index (χ4n) is 1.71. The first-order valence-corrected chi connectivity index (χ1v) is 5.43. The number of benzene rings is 1. The van der Waals surface area contributed by atoms with Crippen molar-refractivity contribution in [3.63, 3.8) is 0 Å². The van der Waals surface area contributed by atoms with E-state index in [2.05, 4.69) is 28.2 Å². The highest BCUT2D eigenvalue weighted by atomic mass is 16.3. The molecule has 1 heterocycles. The van der Waals surface area contributed by atoms with Crippen LogP contribution in [0.5, 0.6) is 0 Å². The Bertz CT molecular complexity index is 439. The van der Waals surface area contributed by atoms with Crippen molar-refractivity contribution in [1.82, 2.24) is 15.2 Å². The van der Waals surface area contributed by atoms with Crippen molar-refractivity contribution in [2.24, 2.45) is 0 Å². The molecule has 16 heavy (non-hydrogen) atoms. The van der Waals surface area contributed by atoms with Crippen molar-refractivity contribution in [2.75, 3.05) is 0 Å². The molecule has 0 saturated heterocycles. The second-order valence-electron chi connectivity index (χ2n) is 3.77. The summed E-state index contributed by atoms with van der Waals surface area (Å²) in [6.07, 6.45) is 2.80. The quantitative estimate of drug-likeness (QED) is 0.821. The molecule has 1 unspecified atom stereocenters. The molecule has 0 aliphatic carbocycles. The molecule has 4 nitrogen and oxygen atoms in total. The monoisotopic (exact) mass is 217 g/mol. The number of aromatic nitrogens is 3. The van der Waals surface area contributed by atoms with Crippen molar-refractivity contribution in [3.8, 4) is 0 Å². The van der Waals surface area contributed by atoms with Crippen LogP contribution in [0.1, 0.15) is 36.4 Å². The van der Waals surface area contributed by atoms with Gasteiger partial charge in [0.15, 0.2) is 5.82 Å². The molecule has 0 spiro atoms. The molecule has 0 amide bonds. The number of aliphatic hydroxyl groups excluding tert-OH is 1. The van der Waals surface area contributed by atoms with Gasteiger partial charge < -0.3 is 5.11 Å². The molecule has 2 rings (SSSR count). The van der Waals surface area contributed by atoms with Crippen LogP contribution in [0.25, 0.3) is 0 Å². The van der Waals surface area contributed by atoms with Crippen LogP contribution in [-0.4, -0.2) is 20.3 Å². The van der Waals surface area contributed by atoms with Gasteiger partial charge in [0.2, 0.25) is 0 Å². The summed E-state index contributed by atoms with van der Waals surface area (Å²) in [6, 6.07) is 7.93. The van der Waals surface area contributed by atoms with Gasteiger partial charge in [0.1, 0.15) is 12.4 Å². The first-order valence-electron chi connectivity index (χ1n) is 5.43. The lowest BCUT2D eigenvalue weighted by atomic mass is 10.0. The Morgan fingerprint density at radius 1 is 1.44 bits per heavy atom. The summed E-state index contributed by atoms with van der Waals surface area (Å²) in [7, 11) is 0. The van der Waals surface area contributed by atoms with E-state index >= 15 is 0 Å². The zero-order valence-electron chi connectivity index (χ0n) is 9.22. The fraction of sp³-hybridized carbons (Fsp3) is 0.333. The number of rotatable bonds is 4. The Hall–Kier alpha value is -1.68. The van der Waals surface area contributed by atoms with E-state index in [1.165, 1.54) is 11.9 Å². The summed E-state index contributed by atoms with van der Waals surface area (Å²) in [5.74, 6) is 0.480. The number of hydrogen-bond donors (Lipinski definition) is 2. The Kier molecular flexibility index (Phi) is 3.31. The average molecular weight is 217 g/mol. The molecule has 1 atom stereocenters. The number of aromatic amines is 1. The minimum absolute atomic E-state index is 0.480. The van der Waals surface area contributed by atoms with E-state index in [4.69, 9.17) is 0 Å². The van der Waals surface area contributed by atoms with Gasteiger partial charge in [-0.1, -0.05) is 37.6 Å². The molecule has 1 aromatic carbocycles. The third-order valence-electron chi connectivity index (χ3n) is 2.50. The number of aryl methyl sites for hydroxylation is 1. The summed E-state index contributed by atoms with van der Waals surface area (Å²) >= 11 is 0. The van der Waals surface area contributed by atoms with E-state index in [9.17, 15) is 5.11 Å². The van der Waals surface area contributed by atoms with E-state index in [0.29, 0.717) is 5.82 Å². The van der Waals surface area contributed by atoms with Gasteiger partial charge in [-0.3, -0.25) is 5.10 Å². The van der Waals surface area contributed by atoms with Gasteiger partial charge in [0.05, 0.1) is 0 Å². The van der Waals surface area contributed by atoms with Crippen molar-refractivity contribution in [1.29, 1.82) is 0 Å². The second kappa shape index (κ2) is 4.90. The first kappa shape index (κ1) is 10.8.